The highest BCUT2D eigenvalue weighted by Crippen LogP contribution is 2.18. The Balaban J connectivity index is 0.000000220. The van der Waals surface area contributed by atoms with Gasteiger partial charge in [-0.15, -0.1) is 0 Å². The van der Waals surface area contributed by atoms with Gasteiger partial charge in [-0.25, -0.2) is 0 Å². The molecule has 0 aromatic heterocycles. The first kappa shape index (κ1) is 17.3. The number of anilines is 2. The highest BCUT2D eigenvalue weighted by Gasteiger charge is 2.02. The lowest BCUT2D eigenvalue weighted by molar-refractivity contribution is 0.0992. The van der Waals surface area contributed by atoms with E-state index in [-0.39, 0.29) is 0 Å². The number of aryl methyl sites for hydroxylation is 1. The lowest BCUT2D eigenvalue weighted by Gasteiger charge is -2.00. The van der Waals surface area contributed by atoms with Crippen LogP contribution < -0.4 is 22.9 Å². The van der Waals surface area contributed by atoms with Crippen molar-refractivity contribution < 1.29 is 9.59 Å². The molecule has 0 aliphatic carbocycles. The molecular formula is C15H17ClN4O2. The molecule has 0 saturated heterocycles. The predicted octanol–water partition coefficient (Wildman–Crippen LogP) is 1.70. The minimum atomic E-state index is -0.506. The summed E-state index contributed by atoms with van der Waals surface area (Å²) in [6.45, 7) is 1.88. The lowest BCUT2D eigenvalue weighted by Crippen LogP contribution is -2.11. The third-order valence-corrected chi connectivity index (χ3v) is 3.19. The average molecular weight is 321 g/mol. The van der Waals surface area contributed by atoms with E-state index in [2.05, 4.69) is 0 Å². The number of nitrogen functional groups attached to an aromatic ring is 2. The van der Waals surface area contributed by atoms with Gasteiger partial charge in [0.2, 0.25) is 11.8 Å². The number of rotatable bonds is 2. The molecule has 0 saturated carbocycles. The van der Waals surface area contributed by atoms with Gasteiger partial charge in [0.05, 0.1) is 10.7 Å². The van der Waals surface area contributed by atoms with Crippen LogP contribution >= 0.6 is 11.6 Å². The van der Waals surface area contributed by atoms with Crippen LogP contribution in [0.3, 0.4) is 0 Å². The molecule has 116 valence electrons. The van der Waals surface area contributed by atoms with E-state index in [0.29, 0.717) is 27.5 Å². The molecule has 0 radical (unpaired) electrons. The zero-order valence-corrected chi connectivity index (χ0v) is 12.7. The van der Waals surface area contributed by atoms with Crippen LogP contribution in [-0.2, 0) is 0 Å². The smallest absolute Gasteiger partial charge is 0.248 e. The number of hydrogen-bond acceptors (Lipinski definition) is 4. The van der Waals surface area contributed by atoms with Crippen LogP contribution in [0.4, 0.5) is 11.4 Å². The number of amides is 2. The SMILES string of the molecule is Cc1ccc(C(N)=O)cc1N.NC(=O)c1ccc(Cl)c(N)c1. The highest BCUT2D eigenvalue weighted by molar-refractivity contribution is 6.33. The van der Waals surface area contributed by atoms with Crippen molar-refractivity contribution in [1.29, 1.82) is 0 Å². The number of primary amides is 2. The van der Waals surface area contributed by atoms with Gasteiger partial charge in [-0.05, 0) is 42.8 Å². The summed E-state index contributed by atoms with van der Waals surface area (Å²) < 4.78 is 0. The van der Waals surface area contributed by atoms with E-state index >= 15 is 0 Å². The van der Waals surface area contributed by atoms with Gasteiger partial charge in [0.25, 0.3) is 0 Å². The van der Waals surface area contributed by atoms with Gasteiger partial charge in [0.15, 0.2) is 0 Å². The first-order valence-electron chi connectivity index (χ1n) is 6.23. The molecule has 0 bridgehead atoms. The number of nitrogens with two attached hydrogens (primary N) is 4. The van der Waals surface area contributed by atoms with Crippen LogP contribution in [0.25, 0.3) is 0 Å². The molecule has 0 spiro atoms. The van der Waals surface area contributed by atoms with Crippen LogP contribution in [0.1, 0.15) is 26.3 Å². The van der Waals surface area contributed by atoms with E-state index in [9.17, 15) is 9.59 Å². The Morgan fingerprint density at radius 1 is 0.864 bits per heavy atom. The summed E-state index contributed by atoms with van der Waals surface area (Å²) in [6.07, 6.45) is 0. The van der Waals surface area contributed by atoms with Crippen molar-refractivity contribution in [2.24, 2.45) is 11.5 Å². The molecule has 0 aliphatic heterocycles. The van der Waals surface area contributed by atoms with Crippen LogP contribution in [0.2, 0.25) is 5.02 Å². The summed E-state index contributed by atoms with van der Waals surface area (Å²) >= 11 is 5.61. The molecule has 0 aliphatic rings. The van der Waals surface area contributed by atoms with Crippen molar-refractivity contribution >= 4 is 34.8 Å². The third-order valence-electron chi connectivity index (χ3n) is 2.84. The van der Waals surface area contributed by atoms with Crippen molar-refractivity contribution in [2.75, 3.05) is 11.5 Å². The Labute approximate surface area is 133 Å². The van der Waals surface area contributed by atoms with Gasteiger partial charge in [-0.3, -0.25) is 9.59 Å². The first-order chi connectivity index (χ1) is 10.2. The van der Waals surface area contributed by atoms with Gasteiger partial charge >= 0.3 is 0 Å². The number of carbonyl (C=O) groups excluding carboxylic acids is 2. The maximum Gasteiger partial charge on any atom is 0.248 e. The number of benzene rings is 2. The molecule has 2 amide bonds. The van der Waals surface area contributed by atoms with E-state index in [1.54, 1.807) is 18.2 Å². The second kappa shape index (κ2) is 7.33. The van der Waals surface area contributed by atoms with Crippen LogP contribution in [-0.4, -0.2) is 11.8 Å². The summed E-state index contributed by atoms with van der Waals surface area (Å²) in [6, 6.07) is 9.53. The maximum atomic E-state index is 10.6. The molecule has 2 rings (SSSR count). The Hall–Kier alpha value is -2.73. The Morgan fingerprint density at radius 2 is 1.32 bits per heavy atom. The molecule has 2 aromatic rings. The van der Waals surface area contributed by atoms with Crippen LogP contribution in [0, 0.1) is 6.92 Å². The number of hydrogen-bond donors (Lipinski definition) is 4. The summed E-state index contributed by atoms with van der Waals surface area (Å²) in [5.41, 5.74) is 23.7. The molecule has 8 N–H and O–H groups in total. The van der Waals surface area contributed by atoms with Crippen molar-refractivity contribution in [1.82, 2.24) is 0 Å². The standard InChI is InChI=1S/C8H10N2O.C7H7ClN2O/c1-5-2-3-6(8(10)11)4-7(5)9;8-5-2-1-4(7(10)11)3-6(5)9/h2-4H,9H2,1H3,(H2,10,11);1-3H,9H2,(H2,10,11). The summed E-state index contributed by atoms with van der Waals surface area (Å²) in [7, 11) is 0. The highest BCUT2D eigenvalue weighted by atomic mass is 35.5. The first-order valence-corrected chi connectivity index (χ1v) is 6.61. The fraction of sp³-hybridized carbons (Fsp3) is 0.0667. The predicted molar refractivity (Wildman–Crippen MR) is 88.5 cm³/mol. The number of halogens is 1. The van der Waals surface area contributed by atoms with Gasteiger partial charge < -0.3 is 22.9 Å². The normalized spacial score (nSPS) is 9.55. The quantitative estimate of drug-likeness (QED) is 0.625. The largest absolute Gasteiger partial charge is 0.398 e. The van der Waals surface area contributed by atoms with Gasteiger partial charge in [0, 0.05) is 16.8 Å². The Bertz CT molecular complexity index is 655. The van der Waals surface area contributed by atoms with Crippen molar-refractivity contribution in [3.8, 4) is 0 Å². The summed E-state index contributed by atoms with van der Waals surface area (Å²) in [5.74, 6) is -0.954. The topological polar surface area (TPSA) is 138 Å². The van der Waals surface area contributed by atoms with Gasteiger partial charge in [-0.1, -0.05) is 17.7 Å². The van der Waals surface area contributed by atoms with Gasteiger partial charge in [0.1, 0.15) is 0 Å². The zero-order chi connectivity index (χ0) is 16.9. The van der Waals surface area contributed by atoms with Crippen LogP contribution in [0.5, 0.6) is 0 Å². The summed E-state index contributed by atoms with van der Waals surface area (Å²) in [4.78, 5) is 21.2. The molecular weight excluding hydrogens is 304 g/mol. The fourth-order valence-electron chi connectivity index (χ4n) is 1.49. The molecule has 6 nitrogen and oxygen atoms in total. The number of carbonyl (C=O) groups is 2. The van der Waals surface area contributed by atoms with Gasteiger partial charge in [-0.2, -0.15) is 0 Å². The van der Waals surface area contributed by atoms with E-state index < -0.39 is 11.8 Å². The average Bonchev–Trinajstić information content (AvgIpc) is 2.45. The maximum absolute atomic E-state index is 10.6. The molecule has 7 heteroatoms. The molecule has 0 unspecified atom stereocenters. The lowest BCUT2D eigenvalue weighted by atomic mass is 10.1. The minimum absolute atomic E-state index is 0.364. The van der Waals surface area contributed by atoms with Crippen molar-refractivity contribution in [3.05, 3.63) is 58.1 Å². The van der Waals surface area contributed by atoms with Crippen LogP contribution in [0.15, 0.2) is 36.4 Å². The molecule has 22 heavy (non-hydrogen) atoms. The second-order valence-corrected chi connectivity index (χ2v) is 4.94. The van der Waals surface area contributed by atoms with Crippen molar-refractivity contribution in [2.45, 2.75) is 6.92 Å². The molecule has 2 aromatic carbocycles. The van der Waals surface area contributed by atoms with E-state index in [1.165, 1.54) is 18.2 Å². The third kappa shape index (κ3) is 4.68. The fourth-order valence-corrected chi connectivity index (χ4v) is 1.61. The summed E-state index contributed by atoms with van der Waals surface area (Å²) in [5, 5.41) is 0.426. The Kier molecular flexibility index (Phi) is 5.77. The second-order valence-electron chi connectivity index (χ2n) is 4.54. The Morgan fingerprint density at radius 3 is 1.73 bits per heavy atom. The monoisotopic (exact) mass is 320 g/mol. The van der Waals surface area contributed by atoms with E-state index in [1.807, 2.05) is 6.92 Å². The molecule has 0 fully saturated rings. The molecule has 0 atom stereocenters. The van der Waals surface area contributed by atoms with E-state index in [0.717, 1.165) is 5.56 Å². The van der Waals surface area contributed by atoms with Crippen molar-refractivity contribution in [3.63, 3.8) is 0 Å². The molecule has 0 heterocycles. The van der Waals surface area contributed by atoms with E-state index in [4.69, 9.17) is 34.5 Å². The minimum Gasteiger partial charge on any atom is -0.398 e. The zero-order valence-electron chi connectivity index (χ0n) is 12.0.